The van der Waals surface area contributed by atoms with Crippen LogP contribution < -0.4 is 5.48 Å². The van der Waals surface area contributed by atoms with Gasteiger partial charge in [0.1, 0.15) is 0 Å². The molecule has 0 N–H and O–H groups in total. The molecule has 0 aromatic carbocycles. The number of hydroxylamine groups is 1. The summed E-state index contributed by atoms with van der Waals surface area (Å²) in [4.78, 5) is 4.87. The summed E-state index contributed by atoms with van der Waals surface area (Å²) < 4.78 is 0. The van der Waals surface area contributed by atoms with Gasteiger partial charge in [0.25, 0.3) is 0 Å². The van der Waals surface area contributed by atoms with Crippen molar-refractivity contribution in [1.82, 2.24) is 5.48 Å². The Morgan fingerprint density at radius 2 is 2.12 bits per heavy atom. The molecule has 0 aromatic heterocycles. The second-order valence-electron chi connectivity index (χ2n) is 2.03. The first-order chi connectivity index (χ1) is 3.77. The number of rotatable bonds is 4. The Bertz CT molecular complexity index is 45.8. The van der Waals surface area contributed by atoms with E-state index in [1.54, 1.807) is 0 Å². The van der Waals surface area contributed by atoms with Crippen molar-refractivity contribution in [2.24, 2.45) is 0 Å². The second-order valence-corrected chi connectivity index (χ2v) is 2.03. The minimum atomic E-state index is 0.307. The number of hydrogen-bond donors (Lipinski definition) is 0. The van der Waals surface area contributed by atoms with Crippen molar-refractivity contribution < 1.29 is 4.84 Å². The zero-order valence-corrected chi connectivity index (χ0v) is 5.85. The SMILES string of the molecule is CCCO[N]C(C)C. The topological polar surface area (TPSA) is 23.3 Å². The van der Waals surface area contributed by atoms with Crippen molar-refractivity contribution in [3.63, 3.8) is 0 Å². The zero-order chi connectivity index (χ0) is 6.41. The molecule has 1 radical (unpaired) electrons. The van der Waals surface area contributed by atoms with Gasteiger partial charge in [-0.15, -0.1) is 0 Å². The van der Waals surface area contributed by atoms with Crippen LogP contribution >= 0.6 is 0 Å². The Hall–Kier alpha value is -0.0800. The van der Waals surface area contributed by atoms with Gasteiger partial charge in [0.2, 0.25) is 0 Å². The van der Waals surface area contributed by atoms with E-state index in [0.29, 0.717) is 6.04 Å². The van der Waals surface area contributed by atoms with Gasteiger partial charge in [-0.1, -0.05) is 12.4 Å². The molecule has 0 aliphatic rings. The molecule has 0 unspecified atom stereocenters. The predicted molar refractivity (Wildman–Crippen MR) is 33.5 cm³/mol. The highest BCUT2D eigenvalue weighted by Crippen LogP contribution is 1.81. The Morgan fingerprint density at radius 3 is 2.50 bits per heavy atom. The molecule has 2 heteroatoms. The van der Waals surface area contributed by atoms with Crippen LogP contribution in [0.25, 0.3) is 0 Å². The number of nitrogens with zero attached hydrogens (tertiary/aromatic N) is 1. The monoisotopic (exact) mass is 116 g/mol. The Kier molecular flexibility index (Phi) is 5.01. The van der Waals surface area contributed by atoms with Gasteiger partial charge in [-0.05, 0) is 20.3 Å². The molecule has 2 nitrogen and oxygen atoms in total. The van der Waals surface area contributed by atoms with Gasteiger partial charge < -0.3 is 0 Å². The highest BCUT2D eigenvalue weighted by molar-refractivity contribution is 4.37. The fraction of sp³-hybridized carbons (Fsp3) is 1.00. The Labute approximate surface area is 51.2 Å². The Morgan fingerprint density at radius 1 is 1.50 bits per heavy atom. The second kappa shape index (κ2) is 5.06. The van der Waals surface area contributed by atoms with Crippen LogP contribution in [-0.2, 0) is 4.84 Å². The van der Waals surface area contributed by atoms with E-state index in [0.717, 1.165) is 13.0 Å². The largest absolute Gasteiger partial charge is 0.282 e. The summed E-state index contributed by atoms with van der Waals surface area (Å²) in [5.41, 5.74) is 3.81. The lowest BCUT2D eigenvalue weighted by Crippen LogP contribution is -2.15. The summed E-state index contributed by atoms with van der Waals surface area (Å²) in [5, 5.41) is 0. The highest BCUT2D eigenvalue weighted by atomic mass is 16.6. The molecule has 0 fully saturated rings. The third kappa shape index (κ3) is 5.92. The van der Waals surface area contributed by atoms with E-state index in [2.05, 4.69) is 12.4 Å². The maximum atomic E-state index is 4.87. The van der Waals surface area contributed by atoms with Crippen LogP contribution in [-0.4, -0.2) is 12.6 Å². The molecule has 0 aliphatic carbocycles. The first kappa shape index (κ1) is 7.92. The van der Waals surface area contributed by atoms with Crippen molar-refractivity contribution in [1.29, 1.82) is 0 Å². The van der Waals surface area contributed by atoms with Crippen LogP contribution in [0.3, 0.4) is 0 Å². The van der Waals surface area contributed by atoms with Gasteiger partial charge >= 0.3 is 0 Å². The standard InChI is InChI=1S/C6H14NO/c1-4-5-8-7-6(2)3/h6H,4-5H2,1-3H3. The molecule has 0 rings (SSSR count). The number of hydrogen-bond acceptors (Lipinski definition) is 1. The van der Waals surface area contributed by atoms with Crippen molar-refractivity contribution in [2.45, 2.75) is 33.2 Å². The summed E-state index contributed by atoms with van der Waals surface area (Å²) in [6.45, 7) is 6.80. The van der Waals surface area contributed by atoms with Gasteiger partial charge in [-0.2, -0.15) is 0 Å². The summed E-state index contributed by atoms with van der Waals surface area (Å²) in [6, 6.07) is 0.307. The molecule has 0 saturated heterocycles. The zero-order valence-electron chi connectivity index (χ0n) is 5.85. The van der Waals surface area contributed by atoms with Crippen LogP contribution in [0, 0.1) is 0 Å². The molecule has 0 aliphatic heterocycles. The molecule has 8 heavy (non-hydrogen) atoms. The lowest BCUT2D eigenvalue weighted by molar-refractivity contribution is 0.0161. The summed E-state index contributed by atoms with van der Waals surface area (Å²) in [5.74, 6) is 0. The maximum Gasteiger partial charge on any atom is 0.0700 e. The van der Waals surface area contributed by atoms with E-state index in [4.69, 9.17) is 4.84 Å². The molecule has 0 bridgehead atoms. The lowest BCUT2D eigenvalue weighted by atomic mass is 10.4. The molecule has 0 heterocycles. The third-order valence-electron chi connectivity index (χ3n) is 0.581. The minimum Gasteiger partial charge on any atom is -0.282 e. The van der Waals surface area contributed by atoms with Crippen molar-refractivity contribution in [2.75, 3.05) is 6.61 Å². The highest BCUT2D eigenvalue weighted by Gasteiger charge is 1.90. The van der Waals surface area contributed by atoms with Gasteiger partial charge in [0.15, 0.2) is 0 Å². The summed E-state index contributed by atoms with van der Waals surface area (Å²) in [6.07, 6.45) is 1.04. The molecule has 0 amide bonds. The Balaban J connectivity index is 2.72. The van der Waals surface area contributed by atoms with Crippen LogP contribution in [0.2, 0.25) is 0 Å². The molecule has 0 spiro atoms. The van der Waals surface area contributed by atoms with Crippen molar-refractivity contribution in [3.8, 4) is 0 Å². The van der Waals surface area contributed by atoms with E-state index in [1.807, 2.05) is 13.8 Å². The van der Waals surface area contributed by atoms with Gasteiger partial charge in [0, 0.05) is 6.04 Å². The van der Waals surface area contributed by atoms with Crippen molar-refractivity contribution in [3.05, 3.63) is 0 Å². The van der Waals surface area contributed by atoms with E-state index in [-0.39, 0.29) is 0 Å². The van der Waals surface area contributed by atoms with E-state index >= 15 is 0 Å². The smallest absolute Gasteiger partial charge is 0.0700 e. The molecular formula is C6H14NO. The summed E-state index contributed by atoms with van der Waals surface area (Å²) >= 11 is 0. The molecule has 0 saturated carbocycles. The average molecular weight is 116 g/mol. The van der Waals surface area contributed by atoms with E-state index < -0.39 is 0 Å². The molecule has 0 atom stereocenters. The van der Waals surface area contributed by atoms with Crippen LogP contribution in [0.15, 0.2) is 0 Å². The summed E-state index contributed by atoms with van der Waals surface area (Å²) in [7, 11) is 0. The lowest BCUT2D eigenvalue weighted by Gasteiger charge is -2.02. The normalized spacial score (nSPS) is 10.5. The van der Waals surface area contributed by atoms with Gasteiger partial charge in [-0.25, -0.2) is 0 Å². The fourth-order valence-electron chi connectivity index (χ4n) is 0.293. The van der Waals surface area contributed by atoms with Crippen LogP contribution in [0.5, 0.6) is 0 Å². The fourth-order valence-corrected chi connectivity index (χ4v) is 0.293. The molecule has 0 aromatic rings. The first-order valence-corrected chi connectivity index (χ1v) is 3.09. The van der Waals surface area contributed by atoms with E-state index in [9.17, 15) is 0 Å². The van der Waals surface area contributed by atoms with E-state index in [1.165, 1.54) is 0 Å². The predicted octanol–water partition coefficient (Wildman–Crippen LogP) is 1.34. The van der Waals surface area contributed by atoms with Crippen LogP contribution in [0.1, 0.15) is 27.2 Å². The molecular weight excluding hydrogens is 102 g/mol. The van der Waals surface area contributed by atoms with Crippen LogP contribution in [0.4, 0.5) is 0 Å². The molecule has 49 valence electrons. The maximum absolute atomic E-state index is 4.87. The van der Waals surface area contributed by atoms with Crippen molar-refractivity contribution >= 4 is 0 Å². The average Bonchev–Trinajstić information content (AvgIpc) is 1.66. The minimum absolute atomic E-state index is 0.307. The quantitative estimate of drug-likeness (QED) is 0.401. The van der Waals surface area contributed by atoms with Gasteiger partial charge in [-0.3, -0.25) is 4.84 Å². The van der Waals surface area contributed by atoms with Gasteiger partial charge in [0.05, 0.1) is 6.61 Å². The third-order valence-corrected chi connectivity index (χ3v) is 0.581. The first-order valence-electron chi connectivity index (χ1n) is 3.09.